The predicted octanol–water partition coefficient (Wildman–Crippen LogP) is 4.77. The number of para-hydroxylation sites is 1. The molecule has 0 aliphatic carbocycles. The fraction of sp³-hybridized carbons (Fsp3) is 0.208. The summed E-state index contributed by atoms with van der Waals surface area (Å²) in [6, 6.07) is 22.4. The van der Waals surface area contributed by atoms with Crippen molar-refractivity contribution in [3.05, 3.63) is 89.5 Å². The fourth-order valence-corrected chi connectivity index (χ4v) is 2.97. The summed E-state index contributed by atoms with van der Waals surface area (Å²) >= 11 is 0. The average Bonchev–Trinajstić information content (AvgIpc) is 2.78. The van der Waals surface area contributed by atoms with Crippen LogP contribution in [-0.4, -0.2) is 20.1 Å². The molecule has 1 N–H and O–H groups in total. The number of amides is 1. The third kappa shape index (κ3) is 5.29. The standard InChI is InChI=1S/C24H25NO4/c1-17(22-14-13-21(27-2)15-23(22)28-3)25-24(26)19-11-9-18(10-12-19)16-29-20-7-5-4-6-8-20/h4-15,17H,16H2,1-3H3,(H,25,26). The minimum absolute atomic E-state index is 0.147. The Balaban J connectivity index is 1.61. The molecule has 0 aliphatic rings. The van der Waals surface area contributed by atoms with Crippen molar-refractivity contribution in [1.82, 2.24) is 5.32 Å². The first-order valence-corrected chi connectivity index (χ1v) is 9.40. The van der Waals surface area contributed by atoms with Crippen molar-refractivity contribution in [2.45, 2.75) is 19.6 Å². The SMILES string of the molecule is COc1ccc(C(C)NC(=O)c2ccc(COc3ccccc3)cc2)c(OC)c1. The second-order valence-corrected chi connectivity index (χ2v) is 6.60. The third-order valence-electron chi connectivity index (χ3n) is 4.62. The molecule has 150 valence electrons. The van der Waals surface area contributed by atoms with Gasteiger partial charge >= 0.3 is 0 Å². The van der Waals surface area contributed by atoms with Gasteiger partial charge in [0.15, 0.2) is 0 Å². The molecule has 3 aromatic carbocycles. The summed E-state index contributed by atoms with van der Waals surface area (Å²) in [6.07, 6.45) is 0. The van der Waals surface area contributed by atoms with E-state index in [1.165, 1.54) is 0 Å². The number of nitrogens with one attached hydrogen (secondary N) is 1. The van der Waals surface area contributed by atoms with Gasteiger partial charge in [-0.15, -0.1) is 0 Å². The van der Waals surface area contributed by atoms with Gasteiger partial charge in [0, 0.05) is 17.2 Å². The highest BCUT2D eigenvalue weighted by molar-refractivity contribution is 5.94. The Kier molecular flexibility index (Phi) is 6.74. The second-order valence-electron chi connectivity index (χ2n) is 6.60. The van der Waals surface area contributed by atoms with E-state index in [0.29, 0.717) is 23.7 Å². The molecule has 0 saturated carbocycles. The zero-order valence-corrected chi connectivity index (χ0v) is 16.8. The molecular weight excluding hydrogens is 366 g/mol. The monoisotopic (exact) mass is 391 g/mol. The van der Waals surface area contributed by atoms with E-state index in [0.717, 1.165) is 16.9 Å². The number of hydrogen-bond donors (Lipinski definition) is 1. The summed E-state index contributed by atoms with van der Waals surface area (Å²) in [7, 11) is 3.21. The van der Waals surface area contributed by atoms with E-state index in [4.69, 9.17) is 14.2 Å². The van der Waals surface area contributed by atoms with Crippen molar-refractivity contribution < 1.29 is 19.0 Å². The number of carbonyl (C=O) groups excluding carboxylic acids is 1. The molecule has 5 heteroatoms. The van der Waals surface area contributed by atoms with Gasteiger partial charge in [-0.1, -0.05) is 30.3 Å². The first kappa shape index (κ1) is 20.3. The van der Waals surface area contributed by atoms with Crippen LogP contribution in [0.25, 0.3) is 0 Å². The Bertz CT molecular complexity index is 939. The van der Waals surface area contributed by atoms with Gasteiger partial charge < -0.3 is 19.5 Å². The topological polar surface area (TPSA) is 56.8 Å². The summed E-state index contributed by atoms with van der Waals surface area (Å²) in [4.78, 5) is 12.6. The molecular formula is C24H25NO4. The van der Waals surface area contributed by atoms with E-state index >= 15 is 0 Å². The van der Waals surface area contributed by atoms with Gasteiger partial charge in [0.05, 0.1) is 20.3 Å². The van der Waals surface area contributed by atoms with Crippen molar-refractivity contribution in [2.75, 3.05) is 14.2 Å². The van der Waals surface area contributed by atoms with Gasteiger partial charge in [-0.3, -0.25) is 4.79 Å². The molecule has 1 amide bonds. The fourth-order valence-electron chi connectivity index (χ4n) is 2.97. The molecule has 1 unspecified atom stereocenters. The molecule has 29 heavy (non-hydrogen) atoms. The molecule has 0 bridgehead atoms. The first-order valence-electron chi connectivity index (χ1n) is 9.40. The highest BCUT2D eigenvalue weighted by Crippen LogP contribution is 2.29. The Morgan fingerprint density at radius 1 is 0.897 bits per heavy atom. The van der Waals surface area contributed by atoms with Gasteiger partial charge in [0.25, 0.3) is 5.91 Å². The Morgan fingerprint density at radius 3 is 2.28 bits per heavy atom. The minimum Gasteiger partial charge on any atom is -0.497 e. The number of hydrogen-bond acceptors (Lipinski definition) is 4. The predicted molar refractivity (Wildman–Crippen MR) is 113 cm³/mol. The number of methoxy groups -OCH3 is 2. The van der Waals surface area contributed by atoms with Crippen LogP contribution in [0.4, 0.5) is 0 Å². The second kappa shape index (κ2) is 9.64. The largest absolute Gasteiger partial charge is 0.497 e. The molecule has 3 aromatic rings. The van der Waals surface area contributed by atoms with Crippen molar-refractivity contribution >= 4 is 5.91 Å². The third-order valence-corrected chi connectivity index (χ3v) is 4.62. The van der Waals surface area contributed by atoms with Crippen LogP contribution in [0, 0.1) is 0 Å². The maximum Gasteiger partial charge on any atom is 0.251 e. The van der Waals surface area contributed by atoms with Gasteiger partial charge in [-0.05, 0) is 48.9 Å². The maximum absolute atomic E-state index is 12.6. The molecule has 5 nitrogen and oxygen atoms in total. The quantitative estimate of drug-likeness (QED) is 0.601. The molecule has 0 spiro atoms. The van der Waals surface area contributed by atoms with Crippen LogP contribution in [0.5, 0.6) is 17.2 Å². The molecule has 0 saturated heterocycles. The van der Waals surface area contributed by atoms with Gasteiger partial charge in [-0.25, -0.2) is 0 Å². The molecule has 0 aliphatic heterocycles. The lowest BCUT2D eigenvalue weighted by molar-refractivity contribution is 0.0939. The molecule has 0 radical (unpaired) electrons. The molecule has 3 rings (SSSR count). The van der Waals surface area contributed by atoms with Gasteiger partial charge in [-0.2, -0.15) is 0 Å². The van der Waals surface area contributed by atoms with Crippen LogP contribution in [-0.2, 0) is 6.61 Å². The van der Waals surface area contributed by atoms with Crippen LogP contribution >= 0.6 is 0 Å². The Morgan fingerprint density at radius 2 is 1.62 bits per heavy atom. The molecule has 0 aromatic heterocycles. The average molecular weight is 391 g/mol. The van der Waals surface area contributed by atoms with E-state index in [1.54, 1.807) is 32.4 Å². The summed E-state index contributed by atoms with van der Waals surface area (Å²) in [5.74, 6) is 2.05. The van der Waals surface area contributed by atoms with E-state index in [1.807, 2.05) is 61.5 Å². The number of ether oxygens (including phenoxy) is 3. The van der Waals surface area contributed by atoms with Crippen LogP contribution in [0.1, 0.15) is 34.5 Å². The lowest BCUT2D eigenvalue weighted by atomic mass is 10.1. The summed E-state index contributed by atoms with van der Waals surface area (Å²) in [5.41, 5.74) is 2.47. The van der Waals surface area contributed by atoms with E-state index in [9.17, 15) is 4.79 Å². The van der Waals surface area contributed by atoms with Crippen molar-refractivity contribution in [1.29, 1.82) is 0 Å². The van der Waals surface area contributed by atoms with Crippen LogP contribution in [0.2, 0.25) is 0 Å². The van der Waals surface area contributed by atoms with Gasteiger partial charge in [0.2, 0.25) is 0 Å². The van der Waals surface area contributed by atoms with Crippen LogP contribution < -0.4 is 19.5 Å². The normalized spacial score (nSPS) is 11.4. The zero-order chi connectivity index (χ0) is 20.6. The molecule has 0 fully saturated rings. The van der Waals surface area contributed by atoms with E-state index < -0.39 is 0 Å². The van der Waals surface area contributed by atoms with E-state index in [2.05, 4.69) is 5.32 Å². The van der Waals surface area contributed by atoms with Crippen molar-refractivity contribution in [2.24, 2.45) is 0 Å². The maximum atomic E-state index is 12.6. The van der Waals surface area contributed by atoms with Gasteiger partial charge in [0.1, 0.15) is 23.9 Å². The smallest absolute Gasteiger partial charge is 0.251 e. The lowest BCUT2D eigenvalue weighted by Crippen LogP contribution is -2.27. The minimum atomic E-state index is -0.218. The first-order chi connectivity index (χ1) is 14.1. The number of rotatable bonds is 8. The summed E-state index contributed by atoms with van der Waals surface area (Å²) in [6.45, 7) is 2.37. The highest BCUT2D eigenvalue weighted by Gasteiger charge is 2.16. The Hall–Kier alpha value is -3.47. The number of carbonyl (C=O) groups is 1. The molecule has 1 atom stereocenters. The highest BCUT2D eigenvalue weighted by atomic mass is 16.5. The lowest BCUT2D eigenvalue weighted by Gasteiger charge is -2.18. The van der Waals surface area contributed by atoms with Crippen LogP contribution in [0.15, 0.2) is 72.8 Å². The van der Waals surface area contributed by atoms with E-state index in [-0.39, 0.29) is 11.9 Å². The summed E-state index contributed by atoms with van der Waals surface area (Å²) in [5, 5.41) is 3.01. The van der Waals surface area contributed by atoms with Crippen molar-refractivity contribution in [3.8, 4) is 17.2 Å². The van der Waals surface area contributed by atoms with Crippen LogP contribution in [0.3, 0.4) is 0 Å². The number of benzene rings is 3. The zero-order valence-electron chi connectivity index (χ0n) is 16.8. The molecule has 0 heterocycles. The Labute approximate surface area is 171 Å². The van der Waals surface area contributed by atoms with Crippen molar-refractivity contribution in [3.63, 3.8) is 0 Å². The summed E-state index contributed by atoms with van der Waals surface area (Å²) < 4.78 is 16.4.